The normalized spacial score (nSPS) is 28.5. The highest BCUT2D eigenvalue weighted by Crippen LogP contribution is 2.42. The van der Waals surface area contributed by atoms with Gasteiger partial charge in [0, 0.05) is 30.4 Å². The number of hydrogen-bond acceptors (Lipinski definition) is 6. The summed E-state index contributed by atoms with van der Waals surface area (Å²) in [7, 11) is 0. The highest BCUT2D eigenvalue weighted by atomic mass is 35.5. The van der Waals surface area contributed by atoms with Crippen LogP contribution in [-0.4, -0.2) is 53.8 Å². The first-order valence-corrected chi connectivity index (χ1v) is 12.4. The monoisotopic (exact) mass is 480 g/mol. The Bertz CT molecular complexity index is 782. The fourth-order valence-corrected chi connectivity index (χ4v) is 5.03. The number of esters is 1. The predicted octanol–water partition coefficient (Wildman–Crippen LogP) is 4.55. The van der Waals surface area contributed by atoms with Crippen LogP contribution < -0.4 is 4.74 Å². The minimum atomic E-state index is -0.778. The fourth-order valence-electron chi connectivity index (χ4n) is 4.85. The molecule has 3 rings (SSSR count). The van der Waals surface area contributed by atoms with Gasteiger partial charge in [0.1, 0.15) is 18.5 Å². The maximum atomic E-state index is 11.7. The van der Waals surface area contributed by atoms with Gasteiger partial charge in [-0.25, -0.2) is 0 Å². The summed E-state index contributed by atoms with van der Waals surface area (Å²) in [5.74, 6) is 1.07. The molecule has 0 aromatic heterocycles. The smallest absolute Gasteiger partial charge is 0.306 e. The van der Waals surface area contributed by atoms with Gasteiger partial charge in [-0.05, 0) is 69.6 Å². The average molecular weight is 481 g/mol. The molecule has 0 spiro atoms. The van der Waals surface area contributed by atoms with Gasteiger partial charge in [-0.15, -0.1) is 0 Å². The molecule has 6 nitrogen and oxygen atoms in total. The number of rotatable bonds is 10. The molecule has 1 aromatic carbocycles. The van der Waals surface area contributed by atoms with E-state index in [-0.39, 0.29) is 36.6 Å². The van der Waals surface area contributed by atoms with Crippen LogP contribution in [0.15, 0.2) is 36.4 Å². The molecule has 1 aliphatic carbocycles. The maximum Gasteiger partial charge on any atom is 0.306 e. The van der Waals surface area contributed by atoms with Gasteiger partial charge in [0.15, 0.2) is 0 Å². The van der Waals surface area contributed by atoms with Gasteiger partial charge >= 0.3 is 5.97 Å². The maximum absolute atomic E-state index is 11.7. The minimum absolute atomic E-state index is 0.0328. The molecule has 0 bridgehead atoms. The lowest BCUT2D eigenvalue weighted by Crippen LogP contribution is -2.22. The minimum Gasteiger partial charge on any atom is -0.491 e. The zero-order valence-corrected chi connectivity index (χ0v) is 20.3. The van der Waals surface area contributed by atoms with Crippen LogP contribution in [0.2, 0.25) is 5.02 Å². The van der Waals surface area contributed by atoms with E-state index in [2.05, 4.69) is 0 Å². The third-order valence-electron chi connectivity index (χ3n) is 6.48. The van der Waals surface area contributed by atoms with E-state index >= 15 is 0 Å². The van der Waals surface area contributed by atoms with Gasteiger partial charge in [-0.3, -0.25) is 4.79 Å². The lowest BCUT2D eigenvalue weighted by atomic mass is 9.86. The van der Waals surface area contributed by atoms with Crippen LogP contribution in [0.4, 0.5) is 0 Å². The first-order chi connectivity index (χ1) is 15.8. The molecule has 1 aromatic rings. The van der Waals surface area contributed by atoms with Crippen molar-refractivity contribution in [1.29, 1.82) is 0 Å². The number of benzene rings is 1. The number of halogens is 1. The molecule has 1 aliphatic heterocycles. The summed E-state index contributed by atoms with van der Waals surface area (Å²) >= 11 is 5.96. The van der Waals surface area contributed by atoms with E-state index in [1.165, 1.54) is 0 Å². The van der Waals surface area contributed by atoms with Crippen molar-refractivity contribution in [3.05, 3.63) is 41.4 Å². The number of aliphatic hydroxyl groups excluding tert-OH is 2. The number of ether oxygens (including phenoxy) is 3. The predicted molar refractivity (Wildman–Crippen MR) is 127 cm³/mol. The van der Waals surface area contributed by atoms with Crippen molar-refractivity contribution in [2.45, 2.75) is 76.8 Å². The average Bonchev–Trinajstić information content (AvgIpc) is 2.92. The molecule has 1 saturated heterocycles. The Balaban J connectivity index is 1.45. The molecule has 1 heterocycles. The summed E-state index contributed by atoms with van der Waals surface area (Å²) in [6.07, 6.45) is 7.13. The molecule has 0 unspecified atom stereocenters. The van der Waals surface area contributed by atoms with Gasteiger partial charge in [0.2, 0.25) is 0 Å². The van der Waals surface area contributed by atoms with Gasteiger partial charge in [-0.1, -0.05) is 29.8 Å². The quantitative estimate of drug-likeness (QED) is 0.377. The second kappa shape index (κ2) is 12.7. The third-order valence-corrected chi connectivity index (χ3v) is 6.71. The Labute approximate surface area is 201 Å². The highest BCUT2D eigenvalue weighted by molar-refractivity contribution is 6.30. The SMILES string of the molecule is CC(C)OC(=O)CCC[C@@H]1CC[C@@H]2[C@@H](/C=C/[C@@H](O)COc3cccc(Cl)c3)[C@H](O)C[C@@H]2OC1. The second-order valence-corrected chi connectivity index (χ2v) is 9.95. The van der Waals surface area contributed by atoms with Crippen molar-refractivity contribution in [1.82, 2.24) is 0 Å². The molecular formula is C26H37ClO6. The molecule has 2 aliphatic rings. The van der Waals surface area contributed by atoms with Crippen LogP contribution in [0.5, 0.6) is 5.75 Å². The summed E-state index contributed by atoms with van der Waals surface area (Å²) in [6, 6.07) is 7.06. The summed E-state index contributed by atoms with van der Waals surface area (Å²) in [4.78, 5) is 11.7. The lowest BCUT2D eigenvalue weighted by molar-refractivity contribution is -0.147. The van der Waals surface area contributed by atoms with Crippen LogP contribution in [0.25, 0.3) is 0 Å². The van der Waals surface area contributed by atoms with E-state index in [4.69, 9.17) is 25.8 Å². The molecule has 0 amide bonds. The van der Waals surface area contributed by atoms with E-state index in [1.54, 1.807) is 30.3 Å². The number of carbonyl (C=O) groups excluding carboxylic acids is 1. The lowest BCUT2D eigenvalue weighted by Gasteiger charge is -2.21. The topological polar surface area (TPSA) is 85.2 Å². The molecule has 184 valence electrons. The molecular weight excluding hydrogens is 444 g/mol. The molecule has 2 fully saturated rings. The summed E-state index contributed by atoms with van der Waals surface area (Å²) < 4.78 is 17.0. The molecule has 33 heavy (non-hydrogen) atoms. The first kappa shape index (κ1) is 26.0. The second-order valence-electron chi connectivity index (χ2n) is 9.51. The van der Waals surface area contributed by atoms with E-state index in [9.17, 15) is 15.0 Å². The van der Waals surface area contributed by atoms with Crippen molar-refractivity contribution < 1.29 is 29.2 Å². The van der Waals surface area contributed by atoms with Crippen molar-refractivity contribution in [2.24, 2.45) is 17.8 Å². The first-order valence-electron chi connectivity index (χ1n) is 12.1. The Morgan fingerprint density at radius 1 is 1.33 bits per heavy atom. The Morgan fingerprint density at radius 2 is 2.15 bits per heavy atom. The van der Waals surface area contributed by atoms with Crippen LogP contribution in [0.3, 0.4) is 0 Å². The van der Waals surface area contributed by atoms with E-state index < -0.39 is 12.2 Å². The Kier molecular flexibility index (Phi) is 10.0. The van der Waals surface area contributed by atoms with Gasteiger partial charge in [0.25, 0.3) is 0 Å². The van der Waals surface area contributed by atoms with Crippen LogP contribution in [-0.2, 0) is 14.3 Å². The van der Waals surface area contributed by atoms with Crippen LogP contribution >= 0.6 is 11.6 Å². The van der Waals surface area contributed by atoms with Crippen molar-refractivity contribution in [3.8, 4) is 5.75 Å². The molecule has 0 radical (unpaired) electrons. The van der Waals surface area contributed by atoms with E-state index in [0.717, 1.165) is 25.7 Å². The van der Waals surface area contributed by atoms with Gasteiger partial charge in [0.05, 0.1) is 18.3 Å². The summed E-state index contributed by atoms with van der Waals surface area (Å²) in [5, 5.41) is 21.5. The summed E-state index contributed by atoms with van der Waals surface area (Å²) in [6.45, 7) is 4.51. The number of hydrogen-bond donors (Lipinski definition) is 2. The van der Waals surface area contributed by atoms with Crippen molar-refractivity contribution in [3.63, 3.8) is 0 Å². The molecule has 2 N–H and O–H groups in total. The standard InChI is InChI=1S/C26H37ClO6/c1-17(2)33-26(30)8-3-5-18-9-11-23-22(24(29)14-25(23)32-15-18)12-10-20(28)16-31-21-7-4-6-19(27)13-21/h4,6-7,10,12-13,17-18,20,22-25,28-29H,3,5,8-9,11,14-16H2,1-2H3/b12-10+/t18-,20-,22-,23-,24-,25+/m1/s1. The third kappa shape index (κ3) is 8.29. The fraction of sp³-hybridized carbons (Fsp3) is 0.654. The molecule has 7 heteroatoms. The van der Waals surface area contributed by atoms with E-state index in [0.29, 0.717) is 36.1 Å². The Morgan fingerprint density at radius 3 is 2.91 bits per heavy atom. The van der Waals surface area contributed by atoms with Crippen LogP contribution in [0.1, 0.15) is 52.4 Å². The Hall–Kier alpha value is -1.60. The largest absolute Gasteiger partial charge is 0.491 e. The zero-order chi connectivity index (χ0) is 23.8. The number of aliphatic hydroxyl groups is 2. The van der Waals surface area contributed by atoms with Crippen molar-refractivity contribution >= 4 is 17.6 Å². The van der Waals surface area contributed by atoms with Gasteiger partial charge in [-0.2, -0.15) is 0 Å². The van der Waals surface area contributed by atoms with Crippen molar-refractivity contribution in [2.75, 3.05) is 13.2 Å². The van der Waals surface area contributed by atoms with Gasteiger partial charge < -0.3 is 24.4 Å². The molecule has 6 atom stereocenters. The van der Waals surface area contributed by atoms with E-state index in [1.807, 2.05) is 19.9 Å². The van der Waals surface area contributed by atoms with Crippen LogP contribution in [0, 0.1) is 17.8 Å². The molecule has 1 saturated carbocycles. The number of fused-ring (bicyclic) bond motifs is 1. The zero-order valence-electron chi connectivity index (χ0n) is 19.6. The highest BCUT2D eigenvalue weighted by Gasteiger charge is 2.43. The summed E-state index contributed by atoms with van der Waals surface area (Å²) in [5.41, 5.74) is 0. The number of carbonyl (C=O) groups is 1.